The van der Waals surface area contributed by atoms with Gasteiger partial charge in [0, 0.05) is 23.8 Å². The Kier molecular flexibility index (Phi) is 2.15. The Balaban J connectivity index is 2.21. The van der Waals surface area contributed by atoms with Gasteiger partial charge >= 0.3 is 0 Å². The average molecular weight is 215 g/mol. The minimum absolute atomic E-state index is 0.756. The lowest BCUT2D eigenvalue weighted by Gasteiger charge is -2.18. The molecule has 0 spiro atoms. The van der Waals surface area contributed by atoms with Gasteiger partial charge in [0.2, 0.25) is 0 Å². The second kappa shape index (κ2) is 3.64. The van der Waals surface area contributed by atoms with Crippen LogP contribution >= 0.6 is 0 Å². The molecule has 0 saturated carbocycles. The zero-order valence-corrected chi connectivity index (χ0v) is 8.89. The van der Waals surface area contributed by atoms with E-state index < -0.39 is 0 Å². The van der Waals surface area contributed by atoms with Crippen LogP contribution in [0.2, 0.25) is 0 Å². The topological polar surface area (TPSA) is 51.4 Å². The highest BCUT2D eigenvalue weighted by Gasteiger charge is 2.17. The van der Waals surface area contributed by atoms with Crippen LogP contribution in [0.1, 0.15) is 6.42 Å². The van der Waals surface area contributed by atoms with Crippen molar-refractivity contribution in [2.24, 2.45) is 0 Å². The molecule has 0 unspecified atom stereocenters. The molecule has 2 aromatic rings. The first-order valence-corrected chi connectivity index (χ1v) is 5.40. The monoisotopic (exact) mass is 215 g/mol. The van der Waals surface area contributed by atoms with Crippen molar-refractivity contribution in [2.75, 3.05) is 23.9 Å². The maximum absolute atomic E-state index is 5.92. The Morgan fingerprint density at radius 3 is 3.06 bits per heavy atom. The molecule has 2 N–H and O–H groups in total. The largest absolute Gasteiger partial charge is 0.398 e. The molecule has 1 aliphatic heterocycles. The van der Waals surface area contributed by atoms with Gasteiger partial charge in [0.15, 0.2) is 0 Å². The van der Waals surface area contributed by atoms with Crippen molar-refractivity contribution in [3.63, 3.8) is 0 Å². The molecule has 0 aliphatic carbocycles. The predicted molar refractivity (Wildman–Crippen MR) is 64.1 cm³/mol. The lowest BCUT2D eigenvalue weighted by atomic mass is 10.1. The number of pyridine rings is 1. The molecule has 16 heavy (non-hydrogen) atoms. The molecule has 1 aliphatic rings. The summed E-state index contributed by atoms with van der Waals surface area (Å²) < 4.78 is 0. The molecule has 0 atom stereocenters. The van der Waals surface area contributed by atoms with E-state index in [2.05, 4.69) is 4.98 Å². The van der Waals surface area contributed by atoms with Crippen LogP contribution in [-0.2, 0) is 4.84 Å². The van der Waals surface area contributed by atoms with Gasteiger partial charge in [-0.05, 0) is 30.7 Å². The van der Waals surface area contributed by atoms with Crippen LogP contribution in [-0.4, -0.2) is 18.1 Å². The number of aromatic nitrogens is 1. The van der Waals surface area contributed by atoms with Gasteiger partial charge in [-0.25, -0.2) is 0 Å². The first kappa shape index (κ1) is 9.42. The van der Waals surface area contributed by atoms with Crippen molar-refractivity contribution in [1.82, 2.24) is 4.98 Å². The summed E-state index contributed by atoms with van der Waals surface area (Å²) in [5.41, 5.74) is 8.59. The zero-order valence-electron chi connectivity index (χ0n) is 8.89. The van der Waals surface area contributed by atoms with Crippen LogP contribution in [0, 0.1) is 0 Å². The molecule has 1 saturated heterocycles. The maximum Gasteiger partial charge on any atom is 0.0979 e. The molecule has 4 nitrogen and oxygen atoms in total. The molecule has 82 valence electrons. The number of nitrogens with two attached hydrogens (primary N) is 1. The average Bonchev–Trinajstić information content (AvgIpc) is 2.83. The fraction of sp³-hybridized carbons (Fsp3) is 0.250. The third-order valence-electron chi connectivity index (χ3n) is 2.80. The molecule has 4 heteroatoms. The molecular formula is C12H13N3O. The van der Waals surface area contributed by atoms with Crippen molar-refractivity contribution >= 4 is 22.3 Å². The Morgan fingerprint density at radius 1 is 1.31 bits per heavy atom. The van der Waals surface area contributed by atoms with Gasteiger partial charge in [0.05, 0.1) is 17.8 Å². The number of hydrogen-bond donors (Lipinski definition) is 1. The van der Waals surface area contributed by atoms with Crippen molar-refractivity contribution in [1.29, 1.82) is 0 Å². The van der Waals surface area contributed by atoms with Gasteiger partial charge in [0.25, 0.3) is 0 Å². The molecule has 1 aromatic heterocycles. The van der Waals surface area contributed by atoms with Crippen LogP contribution < -0.4 is 10.8 Å². The lowest BCUT2D eigenvalue weighted by Crippen LogP contribution is -2.16. The second-order valence-electron chi connectivity index (χ2n) is 3.86. The Bertz CT molecular complexity index is 521. The van der Waals surface area contributed by atoms with Crippen molar-refractivity contribution in [3.8, 4) is 0 Å². The van der Waals surface area contributed by atoms with E-state index in [0.717, 1.165) is 41.9 Å². The SMILES string of the molecule is Nc1ccc(N2CCCO2)c2ncccc12. The van der Waals surface area contributed by atoms with E-state index in [9.17, 15) is 0 Å². The van der Waals surface area contributed by atoms with Gasteiger partial charge in [-0.2, -0.15) is 0 Å². The first-order valence-electron chi connectivity index (χ1n) is 5.40. The number of fused-ring (bicyclic) bond motifs is 1. The molecule has 3 rings (SSSR count). The molecule has 0 amide bonds. The summed E-state index contributed by atoms with van der Waals surface area (Å²) in [6.07, 6.45) is 2.83. The number of benzene rings is 1. The van der Waals surface area contributed by atoms with Crippen molar-refractivity contribution in [3.05, 3.63) is 30.5 Å². The van der Waals surface area contributed by atoms with E-state index in [4.69, 9.17) is 10.6 Å². The second-order valence-corrected chi connectivity index (χ2v) is 3.86. The number of nitrogens with zero attached hydrogens (tertiary/aromatic N) is 2. The van der Waals surface area contributed by atoms with Crippen molar-refractivity contribution in [2.45, 2.75) is 6.42 Å². The fourth-order valence-electron chi connectivity index (χ4n) is 2.02. The standard InChI is InChI=1S/C12H13N3O/c13-10-4-5-11(15-7-2-8-16-15)12-9(10)3-1-6-14-12/h1,3-6H,2,7-8,13H2. The summed E-state index contributed by atoms with van der Waals surface area (Å²) >= 11 is 0. The normalized spacial score (nSPS) is 15.9. The van der Waals surface area contributed by atoms with Crippen LogP contribution in [0.5, 0.6) is 0 Å². The lowest BCUT2D eigenvalue weighted by molar-refractivity contribution is 0.169. The first-order chi connectivity index (χ1) is 7.86. The third kappa shape index (κ3) is 1.39. The van der Waals surface area contributed by atoms with Gasteiger partial charge < -0.3 is 5.73 Å². The smallest absolute Gasteiger partial charge is 0.0979 e. The highest BCUT2D eigenvalue weighted by molar-refractivity contribution is 5.98. The number of hydroxylamine groups is 1. The van der Waals surface area contributed by atoms with Gasteiger partial charge in [-0.15, -0.1) is 0 Å². The van der Waals surface area contributed by atoms with Crippen LogP contribution in [0.15, 0.2) is 30.5 Å². The summed E-state index contributed by atoms with van der Waals surface area (Å²) in [5, 5.41) is 2.88. The summed E-state index contributed by atoms with van der Waals surface area (Å²) in [4.78, 5) is 9.92. The minimum Gasteiger partial charge on any atom is -0.398 e. The summed E-state index contributed by atoms with van der Waals surface area (Å²) in [6.45, 7) is 1.69. The Morgan fingerprint density at radius 2 is 2.25 bits per heavy atom. The Hall–Kier alpha value is -1.81. The number of nitrogen functional groups attached to an aromatic ring is 1. The van der Waals surface area contributed by atoms with Crippen LogP contribution in [0.4, 0.5) is 11.4 Å². The van der Waals surface area contributed by atoms with E-state index in [1.54, 1.807) is 6.20 Å². The molecule has 0 radical (unpaired) electrons. The number of rotatable bonds is 1. The molecule has 1 aromatic carbocycles. The third-order valence-corrected chi connectivity index (χ3v) is 2.80. The number of hydrogen-bond acceptors (Lipinski definition) is 4. The fourth-order valence-corrected chi connectivity index (χ4v) is 2.02. The van der Waals surface area contributed by atoms with Gasteiger partial charge in [-0.3, -0.25) is 14.9 Å². The van der Waals surface area contributed by atoms with Crippen LogP contribution in [0.25, 0.3) is 10.9 Å². The van der Waals surface area contributed by atoms with Gasteiger partial charge in [0.1, 0.15) is 0 Å². The van der Waals surface area contributed by atoms with Gasteiger partial charge in [-0.1, -0.05) is 0 Å². The van der Waals surface area contributed by atoms with E-state index in [-0.39, 0.29) is 0 Å². The highest BCUT2D eigenvalue weighted by Crippen LogP contribution is 2.30. The number of anilines is 2. The summed E-state index contributed by atoms with van der Waals surface area (Å²) in [5.74, 6) is 0. The Labute approximate surface area is 93.6 Å². The highest BCUT2D eigenvalue weighted by atomic mass is 16.7. The summed E-state index contributed by atoms with van der Waals surface area (Å²) in [7, 11) is 0. The summed E-state index contributed by atoms with van der Waals surface area (Å²) in [6, 6.07) is 7.75. The molecule has 1 fully saturated rings. The van der Waals surface area contributed by atoms with E-state index >= 15 is 0 Å². The quantitative estimate of drug-likeness (QED) is 0.739. The molecule has 0 bridgehead atoms. The minimum atomic E-state index is 0.756. The van der Waals surface area contributed by atoms with Crippen LogP contribution in [0.3, 0.4) is 0 Å². The van der Waals surface area contributed by atoms with E-state index in [0.29, 0.717) is 0 Å². The van der Waals surface area contributed by atoms with E-state index in [1.165, 1.54) is 0 Å². The zero-order chi connectivity index (χ0) is 11.0. The molecule has 2 heterocycles. The maximum atomic E-state index is 5.92. The predicted octanol–water partition coefficient (Wildman–Crippen LogP) is 1.96. The van der Waals surface area contributed by atoms with Crippen molar-refractivity contribution < 1.29 is 4.84 Å². The van der Waals surface area contributed by atoms with E-state index in [1.807, 2.05) is 29.3 Å². The molecular weight excluding hydrogens is 202 g/mol.